The van der Waals surface area contributed by atoms with Gasteiger partial charge in [0.05, 0.1) is 0 Å². The topological polar surface area (TPSA) is 41.1 Å². The van der Waals surface area contributed by atoms with Crippen LogP contribution in [-0.4, -0.2) is 12.6 Å². The van der Waals surface area contributed by atoms with Gasteiger partial charge in [0.2, 0.25) is 0 Å². The Labute approximate surface area is 163 Å². The molecule has 0 aromatic heterocycles. The maximum absolute atomic E-state index is 11.8. The summed E-state index contributed by atoms with van der Waals surface area (Å²) < 4.78 is 0. The number of carbonyl (C=O) groups is 1. The van der Waals surface area contributed by atoms with Gasteiger partial charge in [0.15, 0.2) is 0 Å². The highest BCUT2D eigenvalue weighted by Gasteiger charge is 2.00. The van der Waals surface area contributed by atoms with E-state index in [9.17, 15) is 4.79 Å². The molecule has 0 saturated heterocycles. The van der Waals surface area contributed by atoms with Crippen LogP contribution in [0.4, 0.5) is 10.5 Å². The van der Waals surface area contributed by atoms with E-state index in [4.69, 9.17) is 11.6 Å². The second-order valence-electron chi connectivity index (χ2n) is 6.80. The number of nitrogens with one attached hydrogen (secondary N) is 2. The van der Waals surface area contributed by atoms with Crippen LogP contribution in [0.15, 0.2) is 59.2 Å². The Bertz CT molecular complexity index is 653. The molecule has 0 aliphatic heterocycles. The molecule has 4 heteroatoms. The van der Waals surface area contributed by atoms with Gasteiger partial charge in [-0.25, -0.2) is 4.79 Å². The highest BCUT2D eigenvalue weighted by molar-refractivity contribution is 6.30. The third-order valence-electron chi connectivity index (χ3n) is 3.94. The van der Waals surface area contributed by atoms with Crippen molar-refractivity contribution < 1.29 is 4.79 Å². The summed E-state index contributed by atoms with van der Waals surface area (Å²) in [6, 6.07) is 6.82. The Hall–Kier alpha value is -2.00. The molecule has 0 unspecified atom stereocenters. The van der Waals surface area contributed by atoms with Crippen LogP contribution in [0.1, 0.15) is 53.4 Å². The lowest BCUT2D eigenvalue weighted by Gasteiger charge is -2.06. The monoisotopic (exact) mass is 374 g/mol. The van der Waals surface area contributed by atoms with Gasteiger partial charge in [0.1, 0.15) is 0 Å². The molecule has 0 atom stereocenters. The van der Waals surface area contributed by atoms with Gasteiger partial charge in [-0.05, 0) is 77.6 Å². The molecule has 0 bridgehead atoms. The minimum Gasteiger partial charge on any atom is -0.334 e. The van der Waals surface area contributed by atoms with Gasteiger partial charge in [-0.3, -0.25) is 0 Å². The van der Waals surface area contributed by atoms with Gasteiger partial charge >= 0.3 is 6.03 Å². The molecular formula is C22H31ClN2O. The molecule has 0 spiro atoms. The Morgan fingerprint density at radius 1 is 0.923 bits per heavy atom. The summed E-state index contributed by atoms with van der Waals surface area (Å²) in [5.41, 5.74) is 4.83. The fourth-order valence-corrected chi connectivity index (χ4v) is 2.49. The highest BCUT2D eigenvalue weighted by atomic mass is 35.5. The van der Waals surface area contributed by atoms with E-state index < -0.39 is 0 Å². The molecule has 0 saturated carbocycles. The normalized spacial score (nSPS) is 11.9. The molecule has 3 nitrogen and oxygen atoms in total. The lowest BCUT2D eigenvalue weighted by Crippen LogP contribution is -2.28. The molecule has 0 aliphatic rings. The van der Waals surface area contributed by atoms with E-state index in [-0.39, 0.29) is 6.03 Å². The quantitative estimate of drug-likeness (QED) is 0.454. The SMILES string of the molecule is CC(C)=CCC/C(C)=C/CC/C(C)=C/CNC(=O)Nc1ccc(Cl)cc1. The molecule has 142 valence electrons. The first-order valence-corrected chi connectivity index (χ1v) is 9.49. The molecule has 2 N–H and O–H groups in total. The number of amides is 2. The van der Waals surface area contributed by atoms with Crippen molar-refractivity contribution in [3.05, 3.63) is 64.2 Å². The van der Waals surface area contributed by atoms with Crippen molar-refractivity contribution in [1.82, 2.24) is 5.32 Å². The molecule has 1 rings (SSSR count). The predicted molar refractivity (Wildman–Crippen MR) is 114 cm³/mol. The van der Waals surface area contributed by atoms with Gasteiger partial charge < -0.3 is 10.6 Å². The van der Waals surface area contributed by atoms with Crippen molar-refractivity contribution in [1.29, 1.82) is 0 Å². The summed E-state index contributed by atoms with van der Waals surface area (Å²) in [5.74, 6) is 0. The van der Waals surface area contributed by atoms with E-state index in [0.717, 1.165) is 31.4 Å². The first-order chi connectivity index (χ1) is 12.4. The summed E-state index contributed by atoms with van der Waals surface area (Å²) in [4.78, 5) is 11.8. The number of allylic oxidation sites excluding steroid dienone is 5. The summed E-state index contributed by atoms with van der Waals surface area (Å²) in [7, 11) is 0. The zero-order chi connectivity index (χ0) is 19.4. The molecule has 1 aromatic rings. The summed E-state index contributed by atoms with van der Waals surface area (Å²) in [5, 5.41) is 6.26. The van der Waals surface area contributed by atoms with E-state index >= 15 is 0 Å². The fourth-order valence-electron chi connectivity index (χ4n) is 2.37. The Morgan fingerprint density at radius 3 is 2.12 bits per heavy atom. The number of anilines is 1. The first-order valence-electron chi connectivity index (χ1n) is 9.12. The van der Waals surface area contributed by atoms with Gasteiger partial charge in [0, 0.05) is 17.3 Å². The Morgan fingerprint density at radius 2 is 1.50 bits per heavy atom. The molecule has 0 heterocycles. The molecule has 26 heavy (non-hydrogen) atoms. The smallest absolute Gasteiger partial charge is 0.319 e. The molecule has 0 fully saturated rings. The third-order valence-corrected chi connectivity index (χ3v) is 4.19. The highest BCUT2D eigenvalue weighted by Crippen LogP contribution is 2.13. The molecular weight excluding hydrogens is 344 g/mol. The van der Waals surface area contributed by atoms with Gasteiger partial charge in [-0.15, -0.1) is 0 Å². The Balaban J connectivity index is 2.25. The van der Waals surface area contributed by atoms with Crippen molar-refractivity contribution in [2.45, 2.75) is 53.4 Å². The van der Waals surface area contributed by atoms with Crippen LogP contribution < -0.4 is 10.6 Å². The lowest BCUT2D eigenvalue weighted by atomic mass is 10.1. The molecule has 0 aliphatic carbocycles. The Kier molecular flexibility index (Phi) is 10.5. The first kappa shape index (κ1) is 22.0. The minimum absolute atomic E-state index is 0.216. The minimum atomic E-state index is -0.216. The van der Waals surface area contributed by atoms with Crippen molar-refractivity contribution in [3.63, 3.8) is 0 Å². The zero-order valence-electron chi connectivity index (χ0n) is 16.4. The average Bonchev–Trinajstić information content (AvgIpc) is 2.56. The van der Waals surface area contributed by atoms with Gasteiger partial charge in [-0.2, -0.15) is 0 Å². The summed E-state index contributed by atoms with van der Waals surface area (Å²) in [6.45, 7) is 9.09. The summed E-state index contributed by atoms with van der Waals surface area (Å²) in [6.07, 6.45) is 11.0. The van der Waals surface area contributed by atoms with E-state index in [2.05, 4.69) is 56.6 Å². The largest absolute Gasteiger partial charge is 0.334 e. The fraction of sp³-hybridized carbons (Fsp3) is 0.409. The van der Waals surface area contributed by atoms with Gasteiger partial charge in [0.25, 0.3) is 0 Å². The molecule has 0 radical (unpaired) electrons. The molecule has 2 amide bonds. The van der Waals surface area contributed by atoms with Crippen LogP contribution in [0.3, 0.4) is 0 Å². The summed E-state index contributed by atoms with van der Waals surface area (Å²) >= 11 is 5.82. The predicted octanol–water partition coefficient (Wildman–Crippen LogP) is 6.88. The van der Waals surface area contributed by atoms with E-state index in [1.165, 1.54) is 16.7 Å². The standard InChI is InChI=1S/C22H31ClN2O/c1-17(2)7-5-8-18(3)9-6-10-19(4)15-16-24-22(26)25-21-13-11-20(23)12-14-21/h7,9,11-15H,5-6,8,10,16H2,1-4H3,(H2,24,25,26)/b18-9+,19-15+. The van der Waals surface area contributed by atoms with Crippen LogP contribution in [0.25, 0.3) is 0 Å². The number of benzene rings is 1. The van der Waals surface area contributed by atoms with Gasteiger partial charge in [-0.1, -0.05) is 46.5 Å². The number of halogens is 1. The second-order valence-corrected chi connectivity index (χ2v) is 7.24. The number of hydrogen-bond acceptors (Lipinski definition) is 1. The van der Waals surface area contributed by atoms with Crippen LogP contribution in [0, 0.1) is 0 Å². The maximum atomic E-state index is 11.8. The average molecular weight is 375 g/mol. The van der Waals surface area contributed by atoms with Crippen molar-refractivity contribution in [2.24, 2.45) is 0 Å². The van der Waals surface area contributed by atoms with Crippen molar-refractivity contribution in [3.8, 4) is 0 Å². The third kappa shape index (κ3) is 10.8. The number of hydrogen-bond donors (Lipinski definition) is 2. The molecule has 1 aromatic carbocycles. The van der Waals surface area contributed by atoms with Crippen molar-refractivity contribution >= 4 is 23.3 Å². The second kappa shape index (κ2) is 12.4. The zero-order valence-corrected chi connectivity index (χ0v) is 17.1. The van der Waals surface area contributed by atoms with E-state index in [1.54, 1.807) is 24.3 Å². The maximum Gasteiger partial charge on any atom is 0.319 e. The van der Waals surface area contributed by atoms with Crippen LogP contribution in [-0.2, 0) is 0 Å². The van der Waals surface area contributed by atoms with E-state index in [0.29, 0.717) is 11.6 Å². The number of rotatable bonds is 9. The van der Waals surface area contributed by atoms with Crippen LogP contribution >= 0.6 is 11.6 Å². The van der Waals surface area contributed by atoms with Crippen LogP contribution in [0.5, 0.6) is 0 Å². The van der Waals surface area contributed by atoms with Crippen molar-refractivity contribution in [2.75, 3.05) is 11.9 Å². The van der Waals surface area contributed by atoms with E-state index in [1.807, 2.05) is 0 Å². The number of carbonyl (C=O) groups excluding carboxylic acids is 1. The van der Waals surface area contributed by atoms with Crippen LogP contribution in [0.2, 0.25) is 5.02 Å². The number of urea groups is 1. The lowest BCUT2D eigenvalue weighted by molar-refractivity contribution is 0.253.